The summed E-state index contributed by atoms with van der Waals surface area (Å²) < 4.78 is 11.4. The molecule has 180 valence electrons. The lowest BCUT2D eigenvalue weighted by Crippen LogP contribution is -2.47. The van der Waals surface area contributed by atoms with Crippen LogP contribution in [0.2, 0.25) is 0 Å². The molecule has 1 unspecified atom stereocenters. The Morgan fingerprint density at radius 1 is 1.00 bits per heavy atom. The lowest BCUT2D eigenvalue weighted by molar-refractivity contribution is 0.0907. The molecule has 1 heterocycles. The molecule has 0 aromatic heterocycles. The van der Waals surface area contributed by atoms with E-state index in [9.17, 15) is 4.79 Å². The summed E-state index contributed by atoms with van der Waals surface area (Å²) in [6.07, 6.45) is 4.60. The summed E-state index contributed by atoms with van der Waals surface area (Å²) in [5, 5.41) is 3.25. The fourth-order valence-corrected chi connectivity index (χ4v) is 4.09. The maximum atomic E-state index is 13.2. The van der Waals surface area contributed by atoms with Crippen LogP contribution in [-0.2, 0) is 0 Å². The van der Waals surface area contributed by atoms with Crippen LogP contribution in [0.1, 0.15) is 54.6 Å². The lowest BCUT2D eigenvalue weighted by atomic mass is 10.0. The van der Waals surface area contributed by atoms with Crippen molar-refractivity contribution < 1.29 is 14.3 Å². The highest BCUT2D eigenvalue weighted by Gasteiger charge is 2.22. The van der Waals surface area contributed by atoms with Crippen LogP contribution >= 0.6 is 0 Å². The fourth-order valence-electron chi connectivity index (χ4n) is 4.09. The standard InChI is InChI=1S/C27H39N3O3/c1-4-5-6-10-19-33-25-14-13-23(20-26(25)32-3)27(31)28-24(22-11-8-7-9-12-22)21-30-17-15-29(2)16-18-30/h7-9,11-14,20,24H,4-6,10,15-19,21H2,1-3H3,(H,28,31). The number of likely N-dealkylation sites (N-methyl/N-ethyl adjacent to an activating group) is 1. The normalized spacial score (nSPS) is 15.7. The van der Waals surface area contributed by atoms with Gasteiger partial charge in [-0.1, -0.05) is 56.5 Å². The molecule has 33 heavy (non-hydrogen) atoms. The van der Waals surface area contributed by atoms with Crippen LogP contribution in [0.5, 0.6) is 11.5 Å². The first-order chi connectivity index (χ1) is 16.1. The molecule has 1 aliphatic rings. The molecule has 0 spiro atoms. The first-order valence-corrected chi connectivity index (χ1v) is 12.2. The quantitative estimate of drug-likeness (QED) is 0.484. The molecule has 1 saturated heterocycles. The summed E-state index contributed by atoms with van der Waals surface area (Å²) in [6, 6.07) is 15.6. The van der Waals surface area contributed by atoms with Crippen molar-refractivity contribution in [3.63, 3.8) is 0 Å². The molecule has 6 heteroatoms. The highest BCUT2D eigenvalue weighted by Crippen LogP contribution is 2.29. The number of unbranched alkanes of at least 4 members (excludes halogenated alkanes) is 3. The van der Waals surface area contributed by atoms with Gasteiger partial charge >= 0.3 is 0 Å². The van der Waals surface area contributed by atoms with E-state index in [2.05, 4.69) is 41.2 Å². The summed E-state index contributed by atoms with van der Waals surface area (Å²) in [6.45, 7) is 7.75. The number of piperazine rings is 1. The smallest absolute Gasteiger partial charge is 0.251 e. The van der Waals surface area contributed by atoms with Gasteiger partial charge in [0.1, 0.15) is 0 Å². The predicted molar refractivity (Wildman–Crippen MR) is 133 cm³/mol. The second kappa shape index (κ2) is 13.2. The van der Waals surface area contributed by atoms with Crippen LogP contribution in [0.15, 0.2) is 48.5 Å². The molecule has 2 aromatic carbocycles. The van der Waals surface area contributed by atoms with E-state index in [0.717, 1.165) is 51.1 Å². The maximum Gasteiger partial charge on any atom is 0.251 e. The summed E-state index contributed by atoms with van der Waals surface area (Å²) >= 11 is 0. The molecule has 1 amide bonds. The third kappa shape index (κ3) is 7.76. The minimum atomic E-state index is -0.106. The van der Waals surface area contributed by atoms with Crippen LogP contribution < -0.4 is 14.8 Å². The first-order valence-electron chi connectivity index (χ1n) is 12.2. The van der Waals surface area contributed by atoms with Crippen molar-refractivity contribution in [3.8, 4) is 11.5 Å². The maximum absolute atomic E-state index is 13.2. The van der Waals surface area contributed by atoms with Crippen LogP contribution in [-0.4, -0.2) is 69.2 Å². The van der Waals surface area contributed by atoms with Gasteiger partial charge < -0.3 is 19.7 Å². The second-order valence-electron chi connectivity index (χ2n) is 8.82. The fraction of sp³-hybridized carbons (Fsp3) is 0.519. The molecule has 0 radical (unpaired) electrons. The molecular weight excluding hydrogens is 414 g/mol. The summed E-state index contributed by atoms with van der Waals surface area (Å²) in [7, 11) is 3.76. The minimum Gasteiger partial charge on any atom is -0.493 e. The van der Waals surface area contributed by atoms with Gasteiger partial charge in [0.15, 0.2) is 11.5 Å². The number of rotatable bonds is 12. The van der Waals surface area contributed by atoms with Gasteiger partial charge in [-0.15, -0.1) is 0 Å². The van der Waals surface area contributed by atoms with E-state index in [1.165, 1.54) is 12.8 Å². The van der Waals surface area contributed by atoms with Gasteiger partial charge in [-0.05, 0) is 37.2 Å². The number of carbonyl (C=O) groups is 1. The lowest BCUT2D eigenvalue weighted by Gasteiger charge is -2.35. The van der Waals surface area contributed by atoms with Crippen LogP contribution in [0.25, 0.3) is 0 Å². The molecule has 1 fully saturated rings. The monoisotopic (exact) mass is 453 g/mol. The Morgan fingerprint density at radius 3 is 2.45 bits per heavy atom. The predicted octanol–water partition coefficient (Wildman–Crippen LogP) is 4.37. The molecule has 3 rings (SSSR count). The zero-order valence-corrected chi connectivity index (χ0v) is 20.4. The van der Waals surface area contributed by atoms with Crippen molar-refractivity contribution >= 4 is 5.91 Å². The summed E-state index contributed by atoms with van der Waals surface area (Å²) in [5.41, 5.74) is 1.69. The number of benzene rings is 2. The van der Waals surface area contributed by atoms with Gasteiger partial charge in [0.2, 0.25) is 0 Å². The number of hydrogen-bond acceptors (Lipinski definition) is 5. The molecule has 0 bridgehead atoms. The van der Waals surface area contributed by atoms with Crippen LogP contribution in [0, 0.1) is 0 Å². The first kappa shape index (κ1) is 25.1. The Kier molecular flexibility index (Phi) is 10.0. The molecule has 0 saturated carbocycles. The number of methoxy groups -OCH3 is 1. The highest BCUT2D eigenvalue weighted by molar-refractivity contribution is 5.95. The average molecular weight is 454 g/mol. The van der Waals surface area contributed by atoms with Gasteiger partial charge in [-0.25, -0.2) is 0 Å². The molecule has 2 aromatic rings. The van der Waals surface area contributed by atoms with E-state index in [1.54, 1.807) is 13.2 Å². The van der Waals surface area contributed by atoms with Crippen molar-refractivity contribution in [2.45, 2.75) is 38.6 Å². The van der Waals surface area contributed by atoms with Gasteiger partial charge in [0.25, 0.3) is 5.91 Å². The van der Waals surface area contributed by atoms with E-state index in [-0.39, 0.29) is 11.9 Å². The number of amides is 1. The Labute approximate surface area is 198 Å². The summed E-state index contributed by atoms with van der Waals surface area (Å²) in [4.78, 5) is 18.0. The number of nitrogens with one attached hydrogen (secondary N) is 1. The van der Waals surface area contributed by atoms with Gasteiger partial charge in [-0.2, -0.15) is 0 Å². The second-order valence-corrected chi connectivity index (χ2v) is 8.82. The largest absolute Gasteiger partial charge is 0.493 e. The van der Waals surface area contributed by atoms with Crippen molar-refractivity contribution in [3.05, 3.63) is 59.7 Å². The SMILES string of the molecule is CCCCCCOc1ccc(C(=O)NC(CN2CCN(C)CC2)c2ccccc2)cc1OC. The van der Waals surface area contributed by atoms with E-state index < -0.39 is 0 Å². The minimum absolute atomic E-state index is 0.0809. The van der Waals surface area contributed by atoms with Crippen molar-refractivity contribution in [2.75, 3.05) is 53.5 Å². The topological polar surface area (TPSA) is 54.0 Å². The summed E-state index contributed by atoms with van der Waals surface area (Å²) in [5.74, 6) is 1.17. The third-order valence-electron chi connectivity index (χ3n) is 6.23. The number of carbonyl (C=O) groups excluding carboxylic acids is 1. The van der Waals surface area contributed by atoms with E-state index in [1.807, 2.05) is 30.3 Å². The molecule has 1 aliphatic heterocycles. The Hall–Kier alpha value is -2.57. The molecular formula is C27H39N3O3. The van der Waals surface area contributed by atoms with Crippen molar-refractivity contribution in [1.82, 2.24) is 15.1 Å². The average Bonchev–Trinajstić information content (AvgIpc) is 2.85. The number of hydrogen-bond donors (Lipinski definition) is 1. The van der Waals surface area contributed by atoms with E-state index in [4.69, 9.17) is 9.47 Å². The zero-order valence-electron chi connectivity index (χ0n) is 20.4. The van der Waals surface area contributed by atoms with Crippen LogP contribution in [0.3, 0.4) is 0 Å². The molecule has 1 atom stereocenters. The molecule has 0 aliphatic carbocycles. The number of nitrogens with zero attached hydrogens (tertiary/aromatic N) is 2. The van der Waals surface area contributed by atoms with Gasteiger partial charge in [0, 0.05) is 38.3 Å². The molecule has 1 N–H and O–H groups in total. The zero-order chi connectivity index (χ0) is 23.5. The van der Waals surface area contributed by atoms with Gasteiger partial charge in [0.05, 0.1) is 19.8 Å². The van der Waals surface area contributed by atoms with E-state index >= 15 is 0 Å². The van der Waals surface area contributed by atoms with Crippen molar-refractivity contribution in [2.24, 2.45) is 0 Å². The van der Waals surface area contributed by atoms with Crippen molar-refractivity contribution in [1.29, 1.82) is 0 Å². The third-order valence-corrected chi connectivity index (χ3v) is 6.23. The van der Waals surface area contributed by atoms with E-state index in [0.29, 0.717) is 23.7 Å². The van der Waals surface area contributed by atoms with Crippen LogP contribution in [0.4, 0.5) is 0 Å². The Bertz CT molecular complexity index is 851. The highest BCUT2D eigenvalue weighted by atomic mass is 16.5. The van der Waals surface area contributed by atoms with Gasteiger partial charge in [-0.3, -0.25) is 9.69 Å². The molecule has 6 nitrogen and oxygen atoms in total. The number of ether oxygens (including phenoxy) is 2. The Morgan fingerprint density at radius 2 is 1.76 bits per heavy atom. The Balaban J connectivity index is 1.66.